The summed E-state index contributed by atoms with van der Waals surface area (Å²) in [5, 5.41) is 12.0. The van der Waals surface area contributed by atoms with Crippen LogP contribution in [-0.2, 0) is 9.59 Å². The maximum absolute atomic E-state index is 13.5. The molecule has 0 bridgehead atoms. The molecule has 1 atom stereocenters. The lowest BCUT2D eigenvalue weighted by Gasteiger charge is -2.26. The zero-order valence-electron chi connectivity index (χ0n) is 20.9. The Bertz CT molecular complexity index is 1350. The van der Waals surface area contributed by atoms with E-state index in [0.29, 0.717) is 53.3 Å². The molecule has 0 saturated carbocycles. The van der Waals surface area contributed by atoms with Crippen molar-refractivity contribution in [3.8, 4) is 17.2 Å². The van der Waals surface area contributed by atoms with Gasteiger partial charge in [-0.25, -0.2) is 0 Å². The van der Waals surface area contributed by atoms with Crippen LogP contribution in [0.1, 0.15) is 37.9 Å². The van der Waals surface area contributed by atoms with Gasteiger partial charge in [-0.15, -0.1) is 0 Å². The monoisotopic (exact) mass is 521 g/mol. The van der Waals surface area contributed by atoms with Gasteiger partial charge in [0.15, 0.2) is 0 Å². The van der Waals surface area contributed by atoms with E-state index in [4.69, 9.17) is 25.8 Å². The zero-order valence-corrected chi connectivity index (χ0v) is 21.6. The zero-order chi connectivity index (χ0) is 26.5. The average molecular weight is 522 g/mol. The van der Waals surface area contributed by atoms with E-state index < -0.39 is 17.7 Å². The highest BCUT2D eigenvalue weighted by Gasteiger charge is 2.47. The van der Waals surface area contributed by atoms with E-state index in [1.165, 1.54) is 4.90 Å². The van der Waals surface area contributed by atoms with Crippen molar-refractivity contribution in [3.63, 3.8) is 0 Å². The van der Waals surface area contributed by atoms with Gasteiger partial charge >= 0.3 is 0 Å². The van der Waals surface area contributed by atoms with E-state index in [1.807, 2.05) is 20.8 Å². The molecule has 1 aliphatic heterocycles. The second-order valence-electron chi connectivity index (χ2n) is 8.18. The largest absolute Gasteiger partial charge is 0.507 e. The van der Waals surface area contributed by atoms with E-state index in [0.717, 1.165) is 0 Å². The van der Waals surface area contributed by atoms with Crippen LogP contribution in [0.5, 0.6) is 17.2 Å². The molecule has 37 heavy (non-hydrogen) atoms. The van der Waals surface area contributed by atoms with E-state index >= 15 is 0 Å². The van der Waals surface area contributed by atoms with Gasteiger partial charge in [-0.3, -0.25) is 14.5 Å². The summed E-state index contributed by atoms with van der Waals surface area (Å²) in [6.45, 7) is 6.77. The highest BCUT2D eigenvalue weighted by Crippen LogP contribution is 2.44. The van der Waals surface area contributed by atoms with Crippen LogP contribution in [0.25, 0.3) is 5.76 Å². The van der Waals surface area contributed by atoms with Gasteiger partial charge in [0.1, 0.15) is 23.0 Å². The summed E-state index contributed by atoms with van der Waals surface area (Å²) < 4.78 is 17.0. The van der Waals surface area contributed by atoms with E-state index in [2.05, 4.69) is 0 Å². The molecule has 1 heterocycles. The molecule has 1 amide bonds. The van der Waals surface area contributed by atoms with Gasteiger partial charge in [0.05, 0.1) is 37.0 Å². The number of aliphatic hydroxyl groups is 1. The van der Waals surface area contributed by atoms with Gasteiger partial charge in [-0.05, 0) is 68.8 Å². The standard InChI is InChI=1S/C29H28ClNO6/c1-4-35-21-12-7-9-18(15-21)26-25(28(33)29(34)31(26)20-11-8-10-19(30)16-20)27(32)23-14-13-22(36-5-2)17-24(23)37-6-3/h7-17,26,32H,4-6H2,1-3H3/b27-25+. The number of nitrogens with zero attached hydrogens (tertiary/aromatic N) is 1. The van der Waals surface area contributed by atoms with Crippen molar-refractivity contribution in [3.05, 3.63) is 88.5 Å². The topological polar surface area (TPSA) is 85.3 Å². The Labute approximate surface area is 220 Å². The van der Waals surface area contributed by atoms with Crippen LogP contribution in [-0.4, -0.2) is 36.6 Å². The summed E-state index contributed by atoms with van der Waals surface area (Å²) in [5.41, 5.74) is 1.23. The molecule has 4 rings (SSSR count). The highest BCUT2D eigenvalue weighted by atomic mass is 35.5. The number of anilines is 1. The average Bonchev–Trinajstić information content (AvgIpc) is 3.15. The van der Waals surface area contributed by atoms with Crippen molar-refractivity contribution in [1.82, 2.24) is 0 Å². The highest BCUT2D eigenvalue weighted by molar-refractivity contribution is 6.51. The molecule has 0 spiro atoms. The third kappa shape index (κ3) is 5.27. The number of halogens is 1. The Hall–Kier alpha value is -3.97. The number of hydrogen-bond acceptors (Lipinski definition) is 6. The maximum Gasteiger partial charge on any atom is 0.300 e. The van der Waals surface area contributed by atoms with Gasteiger partial charge in [0.25, 0.3) is 11.7 Å². The number of hydrogen-bond donors (Lipinski definition) is 1. The summed E-state index contributed by atoms with van der Waals surface area (Å²) >= 11 is 6.23. The second-order valence-corrected chi connectivity index (χ2v) is 8.61. The molecule has 8 heteroatoms. The third-order valence-electron chi connectivity index (χ3n) is 5.83. The summed E-state index contributed by atoms with van der Waals surface area (Å²) in [6, 6.07) is 17.8. The lowest BCUT2D eigenvalue weighted by molar-refractivity contribution is -0.132. The van der Waals surface area contributed by atoms with Gasteiger partial charge in [-0.1, -0.05) is 29.8 Å². The predicted octanol–water partition coefficient (Wildman–Crippen LogP) is 6.16. The Balaban J connectivity index is 1.95. The van der Waals surface area contributed by atoms with Gasteiger partial charge in [-0.2, -0.15) is 0 Å². The molecule has 1 unspecified atom stereocenters. The predicted molar refractivity (Wildman–Crippen MR) is 143 cm³/mol. The molecule has 1 fully saturated rings. The molecule has 0 aliphatic carbocycles. The van der Waals surface area contributed by atoms with E-state index in [1.54, 1.807) is 66.7 Å². The maximum atomic E-state index is 13.5. The molecule has 1 N–H and O–H groups in total. The SMILES string of the molecule is CCOc1cccc(C2/C(=C(\O)c3ccc(OCC)cc3OCC)C(=O)C(=O)N2c2cccc(Cl)c2)c1. The van der Waals surface area contributed by atoms with Crippen LogP contribution in [0, 0.1) is 0 Å². The summed E-state index contributed by atoms with van der Waals surface area (Å²) in [7, 11) is 0. The normalized spacial score (nSPS) is 16.6. The van der Waals surface area contributed by atoms with Crippen molar-refractivity contribution >= 4 is 34.7 Å². The Kier molecular flexibility index (Phi) is 8.04. The van der Waals surface area contributed by atoms with E-state index in [9.17, 15) is 14.7 Å². The molecule has 7 nitrogen and oxygen atoms in total. The third-order valence-corrected chi connectivity index (χ3v) is 6.07. The summed E-state index contributed by atoms with van der Waals surface area (Å²) in [4.78, 5) is 28.2. The number of aliphatic hydroxyl groups excluding tert-OH is 1. The van der Waals surface area contributed by atoms with Crippen LogP contribution >= 0.6 is 11.6 Å². The van der Waals surface area contributed by atoms with Crippen LogP contribution < -0.4 is 19.1 Å². The van der Waals surface area contributed by atoms with Crippen LogP contribution in [0.3, 0.4) is 0 Å². The fourth-order valence-electron chi connectivity index (χ4n) is 4.36. The molecule has 1 saturated heterocycles. The molecule has 1 aliphatic rings. The van der Waals surface area contributed by atoms with E-state index in [-0.39, 0.29) is 16.9 Å². The smallest absolute Gasteiger partial charge is 0.300 e. The fourth-order valence-corrected chi connectivity index (χ4v) is 4.54. The first kappa shape index (κ1) is 26.1. The number of carbonyl (C=O) groups excluding carboxylic acids is 2. The Morgan fingerprint density at radius 3 is 2.22 bits per heavy atom. The number of benzene rings is 3. The van der Waals surface area contributed by atoms with Crippen LogP contribution in [0.4, 0.5) is 5.69 Å². The number of ether oxygens (including phenoxy) is 3. The first-order chi connectivity index (χ1) is 17.9. The second kappa shape index (κ2) is 11.4. The number of amides is 1. The minimum absolute atomic E-state index is 0.0660. The molecular weight excluding hydrogens is 494 g/mol. The first-order valence-corrected chi connectivity index (χ1v) is 12.5. The van der Waals surface area contributed by atoms with Gasteiger partial charge < -0.3 is 19.3 Å². The lowest BCUT2D eigenvalue weighted by atomic mass is 9.94. The molecule has 0 radical (unpaired) electrons. The number of ketones is 1. The van der Waals surface area contributed by atoms with Crippen molar-refractivity contribution < 1.29 is 28.9 Å². The molecule has 192 valence electrons. The number of carbonyl (C=O) groups is 2. The summed E-state index contributed by atoms with van der Waals surface area (Å²) in [6.07, 6.45) is 0. The van der Waals surface area contributed by atoms with Crippen molar-refractivity contribution in [1.29, 1.82) is 0 Å². The van der Waals surface area contributed by atoms with Crippen molar-refractivity contribution in [2.45, 2.75) is 26.8 Å². The van der Waals surface area contributed by atoms with Crippen molar-refractivity contribution in [2.75, 3.05) is 24.7 Å². The van der Waals surface area contributed by atoms with Crippen LogP contribution in [0.2, 0.25) is 5.02 Å². The quantitative estimate of drug-likeness (QED) is 0.206. The van der Waals surface area contributed by atoms with Crippen molar-refractivity contribution in [2.24, 2.45) is 0 Å². The molecule has 3 aromatic rings. The lowest BCUT2D eigenvalue weighted by Crippen LogP contribution is -2.29. The number of Topliss-reactive ketones (excluding diaryl/α,β-unsaturated/α-hetero) is 1. The summed E-state index contributed by atoms with van der Waals surface area (Å²) in [5.74, 6) is -0.473. The molecule has 0 aromatic heterocycles. The Morgan fingerprint density at radius 1 is 0.865 bits per heavy atom. The number of rotatable bonds is 9. The minimum atomic E-state index is -0.931. The fraction of sp³-hybridized carbons (Fsp3) is 0.241. The van der Waals surface area contributed by atoms with Crippen LogP contribution in [0.15, 0.2) is 72.3 Å². The Morgan fingerprint density at radius 2 is 1.54 bits per heavy atom. The molecular formula is C29H28ClNO6. The first-order valence-electron chi connectivity index (χ1n) is 12.1. The molecule has 3 aromatic carbocycles. The van der Waals surface area contributed by atoms with Gasteiger partial charge in [0.2, 0.25) is 0 Å². The van der Waals surface area contributed by atoms with Gasteiger partial charge in [0, 0.05) is 16.8 Å². The minimum Gasteiger partial charge on any atom is -0.507 e.